The van der Waals surface area contributed by atoms with E-state index >= 15 is 0 Å². The van der Waals surface area contributed by atoms with E-state index in [1.165, 1.54) is 29.5 Å². The molecule has 0 aliphatic carbocycles. The first-order valence-corrected chi connectivity index (χ1v) is 6.44. The van der Waals surface area contributed by atoms with E-state index in [4.69, 9.17) is 11.6 Å². The van der Waals surface area contributed by atoms with Gasteiger partial charge in [0.15, 0.2) is 0 Å². The van der Waals surface area contributed by atoms with E-state index in [1.807, 2.05) is 0 Å². The van der Waals surface area contributed by atoms with Gasteiger partial charge in [0.2, 0.25) is 0 Å². The van der Waals surface area contributed by atoms with Crippen LogP contribution in [0.5, 0.6) is 0 Å². The van der Waals surface area contributed by atoms with Crippen LogP contribution in [0.4, 0.5) is 5.69 Å². The fourth-order valence-electron chi connectivity index (χ4n) is 1.48. The van der Waals surface area contributed by atoms with Crippen molar-refractivity contribution in [1.82, 2.24) is 10.3 Å². The van der Waals surface area contributed by atoms with Crippen molar-refractivity contribution in [2.75, 3.05) is 0 Å². The molecule has 98 valence electrons. The summed E-state index contributed by atoms with van der Waals surface area (Å²) >= 11 is 7.13. The first-order chi connectivity index (χ1) is 9.09. The molecule has 1 aromatic carbocycles. The highest BCUT2D eigenvalue weighted by Crippen LogP contribution is 2.28. The smallest absolute Gasteiger partial charge is 0.300 e. The number of nitro benzene ring substituents is 1. The number of nitrogens with zero attached hydrogens (tertiary/aromatic N) is 2. The van der Waals surface area contributed by atoms with Gasteiger partial charge in [0.25, 0.3) is 5.91 Å². The van der Waals surface area contributed by atoms with E-state index in [1.54, 1.807) is 11.7 Å². The predicted molar refractivity (Wildman–Crippen MR) is 71.4 cm³/mol. The molecule has 0 saturated heterocycles. The topological polar surface area (TPSA) is 85.1 Å². The van der Waals surface area contributed by atoms with Crippen LogP contribution < -0.4 is 5.32 Å². The maximum absolute atomic E-state index is 11.9. The van der Waals surface area contributed by atoms with Crippen molar-refractivity contribution < 1.29 is 9.72 Å². The predicted octanol–water partition coefficient (Wildman–Crippen LogP) is 2.63. The van der Waals surface area contributed by atoms with Crippen LogP contribution in [0.15, 0.2) is 29.9 Å². The van der Waals surface area contributed by atoms with Crippen LogP contribution >= 0.6 is 22.9 Å². The Morgan fingerprint density at radius 1 is 1.53 bits per heavy atom. The Labute approximate surface area is 117 Å². The van der Waals surface area contributed by atoms with Crippen molar-refractivity contribution in [1.29, 1.82) is 0 Å². The number of aromatic nitrogens is 1. The van der Waals surface area contributed by atoms with Crippen LogP contribution in [-0.4, -0.2) is 15.8 Å². The quantitative estimate of drug-likeness (QED) is 0.694. The first kappa shape index (κ1) is 13.4. The van der Waals surface area contributed by atoms with Crippen LogP contribution in [0.3, 0.4) is 0 Å². The van der Waals surface area contributed by atoms with E-state index in [0.717, 1.165) is 4.88 Å². The number of nitrogens with one attached hydrogen (secondary N) is 1. The Morgan fingerprint density at radius 2 is 2.32 bits per heavy atom. The van der Waals surface area contributed by atoms with Gasteiger partial charge in [-0.05, 0) is 12.1 Å². The van der Waals surface area contributed by atoms with E-state index in [2.05, 4.69) is 10.3 Å². The molecule has 0 bridgehead atoms. The zero-order valence-electron chi connectivity index (χ0n) is 9.50. The molecule has 0 aliphatic rings. The second-order valence-corrected chi connectivity index (χ2v) is 4.92. The van der Waals surface area contributed by atoms with E-state index < -0.39 is 10.8 Å². The van der Waals surface area contributed by atoms with Crippen molar-refractivity contribution in [3.05, 3.63) is 55.5 Å². The summed E-state index contributed by atoms with van der Waals surface area (Å²) in [6.45, 7) is 0.271. The van der Waals surface area contributed by atoms with Crippen molar-refractivity contribution in [3.63, 3.8) is 0 Å². The van der Waals surface area contributed by atoms with Crippen LogP contribution in [-0.2, 0) is 6.54 Å². The zero-order chi connectivity index (χ0) is 13.8. The molecule has 6 nitrogen and oxygen atoms in total. The Bertz CT molecular complexity index is 616. The minimum atomic E-state index is -0.663. The van der Waals surface area contributed by atoms with Crippen LogP contribution in [0.2, 0.25) is 5.02 Å². The van der Waals surface area contributed by atoms with Gasteiger partial charge in [0.05, 0.1) is 17.0 Å². The molecule has 8 heteroatoms. The van der Waals surface area contributed by atoms with Crippen LogP contribution in [0.25, 0.3) is 0 Å². The number of amides is 1. The summed E-state index contributed by atoms with van der Waals surface area (Å²) in [7, 11) is 0. The maximum atomic E-state index is 11.9. The number of hydrogen-bond donors (Lipinski definition) is 1. The normalized spacial score (nSPS) is 10.2. The third-order valence-electron chi connectivity index (χ3n) is 2.32. The average Bonchev–Trinajstić information content (AvgIpc) is 2.88. The SMILES string of the molecule is O=C(NCc1cncs1)c1cccc(Cl)c1[N+](=O)[O-]. The molecule has 1 N–H and O–H groups in total. The fraction of sp³-hybridized carbons (Fsp3) is 0.0909. The number of rotatable bonds is 4. The van der Waals surface area contributed by atoms with Gasteiger partial charge in [-0.3, -0.25) is 19.9 Å². The van der Waals surface area contributed by atoms with Crippen molar-refractivity contribution in [2.24, 2.45) is 0 Å². The molecule has 0 radical (unpaired) electrons. The Morgan fingerprint density at radius 3 is 2.95 bits per heavy atom. The van der Waals surface area contributed by atoms with E-state index in [9.17, 15) is 14.9 Å². The molecule has 1 amide bonds. The molecule has 0 aliphatic heterocycles. The van der Waals surface area contributed by atoms with Gasteiger partial charge in [0.1, 0.15) is 10.6 Å². The van der Waals surface area contributed by atoms with E-state index in [-0.39, 0.29) is 22.8 Å². The van der Waals surface area contributed by atoms with Crippen molar-refractivity contribution in [3.8, 4) is 0 Å². The molecule has 2 aromatic rings. The monoisotopic (exact) mass is 297 g/mol. The molecule has 19 heavy (non-hydrogen) atoms. The van der Waals surface area contributed by atoms with E-state index in [0.29, 0.717) is 0 Å². The standard InChI is InChI=1S/C11H8ClN3O3S/c12-9-3-1-2-8(10(9)15(17)18)11(16)14-5-7-4-13-6-19-7/h1-4,6H,5H2,(H,14,16). The molecule has 0 atom stereocenters. The molecule has 2 rings (SSSR count). The zero-order valence-corrected chi connectivity index (χ0v) is 11.1. The number of carbonyl (C=O) groups excluding carboxylic acids is 1. The molecule has 0 fully saturated rings. The number of thiazole rings is 1. The minimum Gasteiger partial charge on any atom is -0.347 e. The Kier molecular flexibility index (Phi) is 4.08. The molecule has 1 heterocycles. The van der Waals surface area contributed by atoms with Crippen molar-refractivity contribution in [2.45, 2.75) is 6.54 Å². The molecular formula is C11H8ClN3O3S. The first-order valence-electron chi connectivity index (χ1n) is 5.18. The molecule has 0 spiro atoms. The summed E-state index contributed by atoms with van der Waals surface area (Å²) < 4.78 is 0. The van der Waals surface area contributed by atoms with Gasteiger partial charge in [-0.1, -0.05) is 17.7 Å². The number of carbonyl (C=O) groups is 1. The number of hydrogen-bond acceptors (Lipinski definition) is 5. The fourth-order valence-corrected chi connectivity index (χ4v) is 2.25. The lowest BCUT2D eigenvalue weighted by molar-refractivity contribution is -0.385. The Hall–Kier alpha value is -1.99. The molecule has 1 aromatic heterocycles. The lowest BCUT2D eigenvalue weighted by Crippen LogP contribution is -2.23. The number of benzene rings is 1. The average molecular weight is 298 g/mol. The lowest BCUT2D eigenvalue weighted by atomic mass is 10.1. The largest absolute Gasteiger partial charge is 0.347 e. The molecule has 0 saturated carbocycles. The van der Waals surface area contributed by atoms with Crippen LogP contribution in [0.1, 0.15) is 15.2 Å². The Balaban J connectivity index is 2.19. The highest BCUT2D eigenvalue weighted by Gasteiger charge is 2.23. The van der Waals surface area contributed by atoms with Gasteiger partial charge >= 0.3 is 5.69 Å². The minimum absolute atomic E-state index is 0.0537. The number of nitro groups is 1. The van der Waals surface area contributed by atoms with Gasteiger partial charge in [-0.25, -0.2) is 0 Å². The van der Waals surface area contributed by atoms with Gasteiger partial charge in [0, 0.05) is 11.1 Å². The summed E-state index contributed by atoms with van der Waals surface area (Å²) in [5, 5.41) is 13.4. The summed E-state index contributed by atoms with van der Waals surface area (Å²) in [5.74, 6) is -0.539. The van der Waals surface area contributed by atoms with Crippen LogP contribution in [0, 0.1) is 10.1 Å². The summed E-state index contributed by atoms with van der Waals surface area (Å²) in [6.07, 6.45) is 1.62. The molecular weight excluding hydrogens is 290 g/mol. The third-order valence-corrected chi connectivity index (χ3v) is 3.41. The summed E-state index contributed by atoms with van der Waals surface area (Å²) in [6, 6.07) is 4.24. The second kappa shape index (κ2) is 5.77. The third kappa shape index (κ3) is 3.07. The highest BCUT2D eigenvalue weighted by molar-refractivity contribution is 7.09. The van der Waals surface area contributed by atoms with Gasteiger partial charge < -0.3 is 5.32 Å². The molecule has 0 unspecified atom stereocenters. The van der Waals surface area contributed by atoms with Gasteiger partial charge in [-0.15, -0.1) is 11.3 Å². The highest BCUT2D eigenvalue weighted by atomic mass is 35.5. The van der Waals surface area contributed by atoms with Crippen molar-refractivity contribution >= 4 is 34.5 Å². The number of halogens is 1. The maximum Gasteiger partial charge on any atom is 0.300 e. The number of para-hydroxylation sites is 1. The summed E-state index contributed by atoms with van der Waals surface area (Å²) in [4.78, 5) is 26.9. The van der Waals surface area contributed by atoms with Gasteiger partial charge in [-0.2, -0.15) is 0 Å². The lowest BCUT2D eigenvalue weighted by Gasteiger charge is -2.05. The summed E-state index contributed by atoms with van der Waals surface area (Å²) in [5.41, 5.74) is 1.21. The second-order valence-electron chi connectivity index (χ2n) is 3.54.